The van der Waals surface area contributed by atoms with E-state index >= 15 is 0 Å². The Morgan fingerprint density at radius 1 is 1.57 bits per heavy atom. The highest BCUT2D eigenvalue weighted by atomic mass is 16.3. The van der Waals surface area contributed by atoms with Crippen molar-refractivity contribution in [3.63, 3.8) is 0 Å². The molecule has 2 bridgehead atoms. The van der Waals surface area contributed by atoms with Crippen LogP contribution in [-0.4, -0.2) is 41.7 Å². The molecule has 2 aliphatic heterocycles. The topological polar surface area (TPSA) is 89.3 Å². The molecule has 1 N–H and O–H groups in total. The van der Waals surface area contributed by atoms with Crippen molar-refractivity contribution >= 4 is 5.91 Å². The fourth-order valence-corrected chi connectivity index (χ4v) is 2.26. The van der Waals surface area contributed by atoms with Crippen LogP contribution in [0.5, 0.6) is 0 Å². The van der Waals surface area contributed by atoms with Gasteiger partial charge in [-0.1, -0.05) is 5.11 Å². The molecule has 6 nitrogen and oxygen atoms in total. The molecule has 0 radical (unpaired) electrons. The van der Waals surface area contributed by atoms with Crippen LogP contribution in [0, 0.1) is 11.8 Å². The summed E-state index contributed by atoms with van der Waals surface area (Å²) in [6.07, 6.45) is 0.797. The van der Waals surface area contributed by atoms with Crippen LogP contribution in [-0.2, 0) is 4.79 Å². The molecule has 1 unspecified atom stereocenters. The molecule has 76 valence electrons. The maximum absolute atomic E-state index is 11.4. The summed E-state index contributed by atoms with van der Waals surface area (Å²) in [6, 6.07) is 0. The first-order valence-corrected chi connectivity index (χ1v) is 4.69. The lowest BCUT2D eigenvalue weighted by molar-refractivity contribution is -0.148. The van der Waals surface area contributed by atoms with E-state index in [1.54, 1.807) is 4.90 Å². The number of rotatable bonds is 2. The summed E-state index contributed by atoms with van der Waals surface area (Å²) in [6.45, 7) is 1.11. The Balaban J connectivity index is 1.89. The Hall–Kier alpha value is -1.26. The average molecular weight is 196 g/mol. The SMILES string of the molecule is [N-]=[N+]=NCC(=O)N1C[C@H]2C[C@@H](C1)C2O. The molecular formula is C8H12N4O2. The normalized spacial score (nSPS) is 34.4. The zero-order chi connectivity index (χ0) is 10.1. The molecule has 0 spiro atoms. The highest BCUT2D eigenvalue weighted by Crippen LogP contribution is 2.39. The molecule has 0 aromatic heterocycles. The summed E-state index contributed by atoms with van der Waals surface area (Å²) in [5.41, 5.74) is 8.06. The first kappa shape index (κ1) is 9.30. The fraction of sp³-hybridized carbons (Fsp3) is 0.875. The van der Waals surface area contributed by atoms with Crippen LogP contribution in [0.1, 0.15) is 6.42 Å². The van der Waals surface area contributed by atoms with Crippen molar-refractivity contribution in [2.45, 2.75) is 12.5 Å². The molecule has 3 fully saturated rings. The van der Waals surface area contributed by atoms with E-state index in [4.69, 9.17) is 5.53 Å². The second-order valence-corrected chi connectivity index (χ2v) is 3.93. The Morgan fingerprint density at radius 3 is 2.71 bits per heavy atom. The van der Waals surface area contributed by atoms with Crippen LogP contribution in [0.25, 0.3) is 10.4 Å². The van der Waals surface area contributed by atoms with Gasteiger partial charge in [0, 0.05) is 29.8 Å². The monoisotopic (exact) mass is 196 g/mol. The van der Waals surface area contributed by atoms with Crippen molar-refractivity contribution in [3.05, 3.63) is 10.4 Å². The van der Waals surface area contributed by atoms with Gasteiger partial charge in [-0.3, -0.25) is 4.79 Å². The number of piperidine rings is 2. The van der Waals surface area contributed by atoms with Crippen molar-refractivity contribution in [3.8, 4) is 0 Å². The van der Waals surface area contributed by atoms with Crippen LogP contribution in [0.2, 0.25) is 0 Å². The minimum atomic E-state index is -0.224. The summed E-state index contributed by atoms with van der Waals surface area (Å²) in [5.74, 6) is 0.344. The largest absolute Gasteiger partial charge is 0.392 e. The van der Waals surface area contributed by atoms with Crippen molar-refractivity contribution in [1.29, 1.82) is 0 Å². The molecule has 1 aliphatic carbocycles. The number of aliphatic hydroxyl groups excluding tert-OH is 1. The van der Waals surface area contributed by atoms with Gasteiger partial charge in [-0.15, -0.1) is 0 Å². The van der Waals surface area contributed by atoms with Gasteiger partial charge < -0.3 is 10.0 Å². The lowest BCUT2D eigenvalue weighted by atomic mass is 9.68. The highest BCUT2D eigenvalue weighted by molar-refractivity contribution is 5.78. The molecular weight excluding hydrogens is 184 g/mol. The molecule has 2 heterocycles. The number of carbonyl (C=O) groups is 1. The number of amides is 1. The molecule has 6 heteroatoms. The third kappa shape index (κ3) is 1.42. The van der Waals surface area contributed by atoms with Crippen LogP contribution in [0.3, 0.4) is 0 Å². The van der Waals surface area contributed by atoms with E-state index in [-0.39, 0.29) is 30.4 Å². The summed E-state index contributed by atoms with van der Waals surface area (Å²) < 4.78 is 0. The molecule has 3 aliphatic rings. The van der Waals surface area contributed by atoms with Gasteiger partial charge in [0.25, 0.3) is 0 Å². The van der Waals surface area contributed by atoms with E-state index in [2.05, 4.69) is 10.0 Å². The Labute approximate surface area is 81.1 Å². The predicted octanol–water partition coefficient (Wildman–Crippen LogP) is 0.136. The van der Waals surface area contributed by atoms with E-state index in [0.717, 1.165) is 6.42 Å². The van der Waals surface area contributed by atoms with Gasteiger partial charge in [0.15, 0.2) is 0 Å². The van der Waals surface area contributed by atoms with E-state index in [1.165, 1.54) is 0 Å². The van der Waals surface area contributed by atoms with Crippen LogP contribution < -0.4 is 0 Å². The molecule has 2 saturated heterocycles. The molecule has 3 atom stereocenters. The van der Waals surface area contributed by atoms with Crippen molar-refractivity contribution in [1.82, 2.24) is 4.90 Å². The quantitative estimate of drug-likeness (QED) is 0.386. The first-order chi connectivity index (χ1) is 6.72. The third-order valence-electron chi connectivity index (χ3n) is 3.10. The van der Waals surface area contributed by atoms with E-state index in [0.29, 0.717) is 13.1 Å². The summed E-state index contributed by atoms with van der Waals surface area (Å²) in [5, 5.41) is 12.7. The minimum absolute atomic E-state index is 0.105. The molecule has 14 heavy (non-hydrogen) atoms. The first-order valence-electron chi connectivity index (χ1n) is 4.69. The van der Waals surface area contributed by atoms with Crippen LogP contribution in [0.4, 0.5) is 0 Å². The predicted molar refractivity (Wildman–Crippen MR) is 48.2 cm³/mol. The van der Waals surface area contributed by atoms with Crippen LogP contribution in [0.15, 0.2) is 5.11 Å². The van der Waals surface area contributed by atoms with Gasteiger partial charge in [0.1, 0.15) is 6.54 Å². The summed E-state index contributed by atoms with van der Waals surface area (Å²) in [7, 11) is 0. The maximum atomic E-state index is 11.4. The zero-order valence-corrected chi connectivity index (χ0v) is 7.70. The molecule has 1 amide bonds. The smallest absolute Gasteiger partial charge is 0.228 e. The Kier molecular flexibility index (Phi) is 2.31. The van der Waals surface area contributed by atoms with Crippen LogP contribution >= 0.6 is 0 Å². The van der Waals surface area contributed by atoms with E-state index in [1.807, 2.05) is 0 Å². The second kappa shape index (κ2) is 3.48. The number of fused-ring (bicyclic) bond motifs is 2. The van der Waals surface area contributed by atoms with Gasteiger partial charge in [0.05, 0.1) is 6.10 Å². The summed E-state index contributed by atoms with van der Waals surface area (Å²) in [4.78, 5) is 15.6. The van der Waals surface area contributed by atoms with Crippen molar-refractivity contribution < 1.29 is 9.90 Å². The molecule has 1 saturated carbocycles. The standard InChI is InChI=1S/C8H12N4O2/c9-11-10-2-7(13)12-3-5-1-6(4-12)8(5)14/h5-6,8,14H,1-4H2/t5-,6+,8?. The Morgan fingerprint density at radius 2 is 2.21 bits per heavy atom. The fourth-order valence-electron chi connectivity index (χ4n) is 2.26. The average Bonchev–Trinajstić information content (AvgIpc) is 2.25. The number of hydrogen-bond acceptors (Lipinski definition) is 3. The van der Waals surface area contributed by atoms with Gasteiger partial charge in [0.2, 0.25) is 5.91 Å². The maximum Gasteiger partial charge on any atom is 0.228 e. The van der Waals surface area contributed by atoms with Gasteiger partial charge in [-0.05, 0) is 12.0 Å². The lowest BCUT2D eigenvalue weighted by Gasteiger charge is -2.51. The number of nitrogens with zero attached hydrogens (tertiary/aromatic N) is 4. The second-order valence-electron chi connectivity index (χ2n) is 3.93. The third-order valence-corrected chi connectivity index (χ3v) is 3.10. The number of hydrogen-bond donors (Lipinski definition) is 1. The Bertz CT molecular complexity index is 288. The van der Waals surface area contributed by atoms with E-state index in [9.17, 15) is 9.90 Å². The van der Waals surface area contributed by atoms with Gasteiger partial charge in [-0.25, -0.2) is 0 Å². The summed E-state index contributed by atoms with van der Waals surface area (Å²) >= 11 is 0. The molecule has 0 aromatic carbocycles. The molecule has 3 rings (SSSR count). The highest BCUT2D eigenvalue weighted by Gasteiger charge is 2.46. The van der Waals surface area contributed by atoms with E-state index < -0.39 is 0 Å². The zero-order valence-electron chi connectivity index (χ0n) is 7.70. The number of carbonyl (C=O) groups excluding carboxylic acids is 1. The van der Waals surface area contributed by atoms with Gasteiger partial charge >= 0.3 is 0 Å². The minimum Gasteiger partial charge on any atom is -0.392 e. The lowest BCUT2D eigenvalue weighted by Crippen LogP contribution is -2.59. The van der Waals surface area contributed by atoms with Crippen molar-refractivity contribution in [2.75, 3.05) is 19.6 Å². The molecule has 0 aromatic rings. The van der Waals surface area contributed by atoms with Crippen molar-refractivity contribution in [2.24, 2.45) is 17.0 Å². The van der Waals surface area contributed by atoms with Gasteiger partial charge in [-0.2, -0.15) is 0 Å². The number of azide groups is 1. The number of aliphatic hydroxyl groups is 1.